The van der Waals surface area contributed by atoms with Crippen LogP contribution in [0.25, 0.3) is 0 Å². The lowest BCUT2D eigenvalue weighted by atomic mass is 9.81. The first kappa shape index (κ1) is 12.6. The number of phenolic OH excluding ortho intramolecular Hbond substituents is 3. The van der Waals surface area contributed by atoms with Gasteiger partial charge in [0.05, 0.1) is 0 Å². The fourth-order valence-corrected chi connectivity index (χ4v) is 1.35. The third-order valence-corrected chi connectivity index (χ3v) is 2.75. The molecule has 0 radical (unpaired) electrons. The molecule has 0 bridgehead atoms. The number of phenols is 3. The van der Waals surface area contributed by atoms with Gasteiger partial charge in [-0.3, -0.25) is 0 Å². The summed E-state index contributed by atoms with van der Waals surface area (Å²) in [4.78, 5) is 0. The zero-order valence-corrected chi connectivity index (χ0v) is 9.31. The molecule has 0 aliphatic heterocycles. The molecule has 0 spiro atoms. The second kappa shape index (κ2) is 4.19. The normalized spacial score (nSPS) is 13.8. The molecule has 90 valence electrons. The molecular weight excluding hydrogens is 210 g/mol. The summed E-state index contributed by atoms with van der Waals surface area (Å²) in [6, 6.07) is 2.02. The molecule has 1 aromatic rings. The molecule has 0 aliphatic rings. The minimum Gasteiger partial charge on any atom is -0.504 e. The predicted octanol–water partition coefficient (Wildman–Crippen LogP) is 0.822. The number of aliphatic hydroxyl groups is 1. The van der Waals surface area contributed by atoms with Gasteiger partial charge in [0.25, 0.3) is 0 Å². The summed E-state index contributed by atoms with van der Waals surface area (Å²) in [6.07, 6.45) is 0. The van der Waals surface area contributed by atoms with Crippen LogP contribution >= 0.6 is 0 Å². The van der Waals surface area contributed by atoms with E-state index in [1.54, 1.807) is 13.8 Å². The third-order valence-electron chi connectivity index (χ3n) is 2.75. The Hall–Kier alpha value is -1.46. The molecule has 0 aliphatic carbocycles. The van der Waals surface area contributed by atoms with Crippen molar-refractivity contribution >= 4 is 0 Å². The Bertz CT molecular complexity index is 390. The standard InChI is InChI=1S/C11H17NO4/c1-11(2,5-13)10(12)6-3-4-7(14)9(16)8(6)15/h3-4,10,13-16H,5,12H2,1-2H3/t10-/m0/s1. The van der Waals surface area contributed by atoms with E-state index in [0.29, 0.717) is 0 Å². The molecule has 1 aromatic carbocycles. The van der Waals surface area contributed by atoms with E-state index in [2.05, 4.69) is 0 Å². The molecule has 0 heterocycles. The lowest BCUT2D eigenvalue weighted by Crippen LogP contribution is -2.32. The minimum atomic E-state index is -0.649. The van der Waals surface area contributed by atoms with Crippen LogP contribution in [0.1, 0.15) is 25.5 Å². The predicted molar refractivity (Wildman–Crippen MR) is 59.2 cm³/mol. The monoisotopic (exact) mass is 227 g/mol. The Balaban J connectivity index is 3.20. The molecule has 0 fully saturated rings. The van der Waals surface area contributed by atoms with Crippen molar-refractivity contribution in [2.24, 2.45) is 11.1 Å². The van der Waals surface area contributed by atoms with Crippen molar-refractivity contribution in [1.29, 1.82) is 0 Å². The zero-order chi connectivity index (χ0) is 12.5. The van der Waals surface area contributed by atoms with Gasteiger partial charge in [-0.05, 0) is 12.1 Å². The van der Waals surface area contributed by atoms with Gasteiger partial charge in [-0.25, -0.2) is 0 Å². The molecule has 1 rings (SSSR count). The molecule has 5 nitrogen and oxygen atoms in total. The van der Waals surface area contributed by atoms with Crippen LogP contribution in [0.2, 0.25) is 0 Å². The van der Waals surface area contributed by atoms with Crippen LogP contribution in [0.4, 0.5) is 0 Å². The molecule has 0 saturated heterocycles. The molecule has 5 heteroatoms. The topological polar surface area (TPSA) is 107 Å². The average Bonchev–Trinajstić information content (AvgIpc) is 2.25. The van der Waals surface area contributed by atoms with Crippen molar-refractivity contribution in [2.45, 2.75) is 19.9 Å². The first-order valence-electron chi connectivity index (χ1n) is 4.91. The highest BCUT2D eigenvalue weighted by Crippen LogP contribution is 2.43. The lowest BCUT2D eigenvalue weighted by Gasteiger charge is -2.30. The van der Waals surface area contributed by atoms with Crippen LogP contribution < -0.4 is 5.73 Å². The minimum absolute atomic E-state index is 0.157. The van der Waals surface area contributed by atoms with Crippen LogP contribution in [0.5, 0.6) is 17.2 Å². The molecule has 0 saturated carbocycles. The van der Waals surface area contributed by atoms with E-state index >= 15 is 0 Å². The van der Waals surface area contributed by atoms with Crippen molar-refractivity contribution in [2.75, 3.05) is 6.61 Å². The Labute approximate surface area is 93.8 Å². The number of aliphatic hydroxyl groups excluding tert-OH is 1. The second-order valence-electron chi connectivity index (χ2n) is 4.50. The largest absolute Gasteiger partial charge is 0.504 e. The number of hydrogen-bond acceptors (Lipinski definition) is 5. The van der Waals surface area contributed by atoms with Gasteiger partial charge < -0.3 is 26.2 Å². The van der Waals surface area contributed by atoms with Crippen LogP contribution in [-0.4, -0.2) is 27.0 Å². The summed E-state index contributed by atoms with van der Waals surface area (Å²) < 4.78 is 0. The highest BCUT2D eigenvalue weighted by Gasteiger charge is 2.30. The van der Waals surface area contributed by atoms with Crippen molar-refractivity contribution in [3.05, 3.63) is 17.7 Å². The third kappa shape index (κ3) is 2.05. The summed E-state index contributed by atoms with van der Waals surface area (Å²) in [5.74, 6) is -1.45. The summed E-state index contributed by atoms with van der Waals surface area (Å²) in [5, 5.41) is 37.3. The van der Waals surface area contributed by atoms with Gasteiger partial charge in [0.1, 0.15) is 0 Å². The van der Waals surface area contributed by atoms with Crippen LogP contribution in [0, 0.1) is 5.41 Å². The SMILES string of the molecule is CC(C)(CO)[C@@H](N)c1ccc(O)c(O)c1O. The van der Waals surface area contributed by atoms with Crippen molar-refractivity contribution in [3.63, 3.8) is 0 Å². The van der Waals surface area contributed by atoms with Crippen LogP contribution in [0.3, 0.4) is 0 Å². The number of hydrogen-bond donors (Lipinski definition) is 5. The highest BCUT2D eigenvalue weighted by molar-refractivity contribution is 5.54. The molecular formula is C11H17NO4. The first-order chi connectivity index (χ1) is 7.31. The van der Waals surface area contributed by atoms with E-state index in [1.165, 1.54) is 12.1 Å². The summed E-state index contributed by atoms with van der Waals surface area (Å²) >= 11 is 0. The Kier molecular flexibility index (Phi) is 3.30. The summed E-state index contributed by atoms with van der Waals surface area (Å²) in [6.45, 7) is 3.32. The van der Waals surface area contributed by atoms with Gasteiger partial charge in [0, 0.05) is 23.6 Å². The maximum absolute atomic E-state index is 9.64. The average molecular weight is 227 g/mol. The zero-order valence-electron chi connectivity index (χ0n) is 9.31. The molecule has 0 amide bonds. The van der Waals surface area contributed by atoms with Crippen molar-refractivity contribution in [3.8, 4) is 17.2 Å². The number of nitrogens with two attached hydrogens (primary N) is 1. The van der Waals surface area contributed by atoms with Gasteiger partial charge in [0.15, 0.2) is 11.5 Å². The van der Waals surface area contributed by atoms with Crippen molar-refractivity contribution in [1.82, 2.24) is 0 Å². The molecule has 16 heavy (non-hydrogen) atoms. The smallest absolute Gasteiger partial charge is 0.200 e. The number of rotatable bonds is 3. The quantitative estimate of drug-likeness (QED) is 0.491. The Morgan fingerprint density at radius 2 is 1.75 bits per heavy atom. The van der Waals surface area contributed by atoms with E-state index in [0.717, 1.165) is 0 Å². The van der Waals surface area contributed by atoms with Gasteiger partial charge in [-0.15, -0.1) is 0 Å². The molecule has 6 N–H and O–H groups in total. The van der Waals surface area contributed by atoms with Crippen molar-refractivity contribution < 1.29 is 20.4 Å². The summed E-state index contributed by atoms with van der Waals surface area (Å²) in [5.41, 5.74) is 5.54. The van der Waals surface area contributed by atoms with Gasteiger partial charge >= 0.3 is 0 Å². The van der Waals surface area contributed by atoms with Crippen LogP contribution in [-0.2, 0) is 0 Å². The van der Waals surface area contributed by atoms with E-state index in [-0.39, 0.29) is 12.2 Å². The first-order valence-corrected chi connectivity index (χ1v) is 4.91. The van der Waals surface area contributed by atoms with E-state index in [9.17, 15) is 10.2 Å². The number of aromatic hydroxyl groups is 3. The molecule has 0 unspecified atom stereocenters. The lowest BCUT2D eigenvalue weighted by molar-refractivity contribution is 0.131. The maximum atomic E-state index is 9.64. The van der Waals surface area contributed by atoms with Crippen LogP contribution in [0.15, 0.2) is 12.1 Å². The van der Waals surface area contributed by atoms with Gasteiger partial charge in [-0.1, -0.05) is 13.8 Å². The fourth-order valence-electron chi connectivity index (χ4n) is 1.35. The molecule has 0 aromatic heterocycles. The highest BCUT2D eigenvalue weighted by atomic mass is 16.3. The van der Waals surface area contributed by atoms with Gasteiger partial charge in [0.2, 0.25) is 5.75 Å². The maximum Gasteiger partial charge on any atom is 0.200 e. The Morgan fingerprint density at radius 3 is 2.25 bits per heavy atom. The fraction of sp³-hybridized carbons (Fsp3) is 0.455. The number of benzene rings is 1. The molecule has 1 atom stereocenters. The van der Waals surface area contributed by atoms with E-state index < -0.39 is 28.7 Å². The Morgan fingerprint density at radius 1 is 1.19 bits per heavy atom. The van der Waals surface area contributed by atoms with Gasteiger partial charge in [-0.2, -0.15) is 0 Å². The van der Waals surface area contributed by atoms with E-state index in [4.69, 9.17) is 15.9 Å². The summed E-state index contributed by atoms with van der Waals surface area (Å²) in [7, 11) is 0. The second-order valence-corrected chi connectivity index (χ2v) is 4.50. The van der Waals surface area contributed by atoms with E-state index in [1.807, 2.05) is 0 Å².